The molecule has 1 amide bonds. The molecule has 1 aromatic rings. The van der Waals surface area contributed by atoms with Crippen molar-refractivity contribution in [2.24, 2.45) is 0 Å². The molecule has 1 atom stereocenters. The molecule has 0 saturated heterocycles. The minimum Gasteiger partial charge on any atom is -0.455 e. The predicted molar refractivity (Wildman–Crippen MR) is 96.4 cm³/mol. The van der Waals surface area contributed by atoms with Gasteiger partial charge in [-0.25, -0.2) is 0 Å². The van der Waals surface area contributed by atoms with Crippen LogP contribution in [0.2, 0.25) is 0 Å². The summed E-state index contributed by atoms with van der Waals surface area (Å²) in [4.78, 5) is 36.5. The second-order valence-electron chi connectivity index (χ2n) is 5.48. The molecule has 0 bridgehead atoms. The van der Waals surface area contributed by atoms with E-state index in [2.05, 4.69) is 6.58 Å². The molecule has 1 aromatic carbocycles. The van der Waals surface area contributed by atoms with E-state index in [9.17, 15) is 19.7 Å². The molecular weight excluding hydrogens is 344 g/mol. The Morgan fingerprint density at radius 3 is 2.44 bits per heavy atom. The van der Waals surface area contributed by atoms with Gasteiger partial charge in [-0.15, -0.1) is 11.8 Å². The molecule has 1 unspecified atom stereocenters. The smallest absolute Gasteiger partial charge is 0.319 e. The molecule has 0 aromatic heterocycles. The summed E-state index contributed by atoms with van der Waals surface area (Å²) in [7, 11) is 0. The Hall–Kier alpha value is -2.35. The largest absolute Gasteiger partial charge is 0.455 e. The zero-order valence-electron chi connectivity index (χ0n) is 14.6. The van der Waals surface area contributed by atoms with Gasteiger partial charge in [0.25, 0.3) is 11.6 Å². The van der Waals surface area contributed by atoms with Crippen molar-refractivity contribution in [1.82, 2.24) is 4.90 Å². The van der Waals surface area contributed by atoms with Gasteiger partial charge in [-0.1, -0.05) is 12.2 Å². The van der Waals surface area contributed by atoms with Gasteiger partial charge in [0, 0.05) is 30.1 Å². The number of hydrogen-bond donors (Lipinski definition) is 0. The third kappa shape index (κ3) is 6.96. The van der Waals surface area contributed by atoms with Crippen molar-refractivity contribution < 1.29 is 19.2 Å². The summed E-state index contributed by atoms with van der Waals surface area (Å²) < 4.78 is 5.08. The van der Waals surface area contributed by atoms with Gasteiger partial charge in [0.2, 0.25) is 0 Å². The maximum Gasteiger partial charge on any atom is 0.319 e. The van der Waals surface area contributed by atoms with E-state index in [0.717, 1.165) is 5.57 Å². The Labute approximate surface area is 151 Å². The van der Waals surface area contributed by atoms with E-state index in [-0.39, 0.29) is 18.2 Å². The summed E-state index contributed by atoms with van der Waals surface area (Å²) >= 11 is 1.21. The van der Waals surface area contributed by atoms with E-state index in [1.807, 2.05) is 13.8 Å². The maximum atomic E-state index is 12.0. The number of likely N-dealkylation sites (N-methyl/N-ethyl adjacent to an activating group) is 1. The molecule has 1 rings (SSSR count). The van der Waals surface area contributed by atoms with Crippen LogP contribution in [0.15, 0.2) is 41.3 Å². The summed E-state index contributed by atoms with van der Waals surface area (Å²) in [5.74, 6) is -0.783. The molecule has 25 heavy (non-hydrogen) atoms. The number of nitro benzene ring substituents is 1. The number of nitro groups is 1. The third-order valence-electron chi connectivity index (χ3n) is 3.23. The van der Waals surface area contributed by atoms with Gasteiger partial charge in [0.1, 0.15) is 5.25 Å². The van der Waals surface area contributed by atoms with Crippen molar-refractivity contribution in [3.63, 3.8) is 0 Å². The minimum atomic E-state index is -0.537. The van der Waals surface area contributed by atoms with E-state index in [4.69, 9.17) is 4.74 Å². The molecule has 0 spiro atoms. The first-order valence-electron chi connectivity index (χ1n) is 7.74. The van der Waals surface area contributed by atoms with Crippen LogP contribution in [0.5, 0.6) is 0 Å². The second-order valence-corrected chi connectivity index (χ2v) is 6.90. The van der Waals surface area contributed by atoms with Crippen LogP contribution >= 0.6 is 11.8 Å². The first kappa shape index (κ1) is 20.7. The van der Waals surface area contributed by atoms with E-state index in [0.29, 0.717) is 18.0 Å². The lowest BCUT2D eigenvalue weighted by Crippen LogP contribution is -2.36. The highest BCUT2D eigenvalue weighted by Crippen LogP contribution is 2.26. The van der Waals surface area contributed by atoms with Crippen LogP contribution in [0.4, 0.5) is 5.69 Å². The normalized spacial score (nSPS) is 11.5. The van der Waals surface area contributed by atoms with Crippen molar-refractivity contribution >= 4 is 29.3 Å². The zero-order chi connectivity index (χ0) is 19.0. The summed E-state index contributed by atoms with van der Waals surface area (Å²) in [6.07, 6.45) is 0. The molecular formula is C17H22N2O5S. The fourth-order valence-electron chi connectivity index (χ4n) is 1.94. The first-order valence-corrected chi connectivity index (χ1v) is 8.62. The number of rotatable bonds is 9. The van der Waals surface area contributed by atoms with E-state index in [1.165, 1.54) is 23.9 Å². The van der Waals surface area contributed by atoms with Gasteiger partial charge in [-0.3, -0.25) is 19.7 Å². The van der Waals surface area contributed by atoms with Gasteiger partial charge in [-0.05, 0) is 32.9 Å². The monoisotopic (exact) mass is 366 g/mol. The van der Waals surface area contributed by atoms with Crippen LogP contribution in [-0.4, -0.2) is 46.6 Å². The van der Waals surface area contributed by atoms with Crippen LogP contribution in [0.1, 0.15) is 20.8 Å². The molecule has 0 aliphatic rings. The van der Waals surface area contributed by atoms with E-state index < -0.39 is 16.1 Å². The quantitative estimate of drug-likeness (QED) is 0.219. The molecule has 7 nitrogen and oxygen atoms in total. The Balaban J connectivity index is 2.52. The SMILES string of the molecule is C=C(C)CN(CC)C(=O)COC(=O)C(C)Sc1ccc([N+](=O)[O-])cc1. The second kappa shape index (κ2) is 9.83. The lowest BCUT2D eigenvalue weighted by Gasteiger charge is -2.21. The van der Waals surface area contributed by atoms with E-state index in [1.54, 1.807) is 24.0 Å². The number of esters is 1. The highest BCUT2D eigenvalue weighted by Gasteiger charge is 2.19. The van der Waals surface area contributed by atoms with Crippen molar-refractivity contribution in [3.8, 4) is 0 Å². The molecule has 8 heteroatoms. The molecule has 0 saturated carbocycles. The van der Waals surface area contributed by atoms with Crippen LogP contribution in [-0.2, 0) is 14.3 Å². The highest BCUT2D eigenvalue weighted by atomic mass is 32.2. The van der Waals surface area contributed by atoms with Crippen LogP contribution in [0.3, 0.4) is 0 Å². The van der Waals surface area contributed by atoms with Crippen LogP contribution < -0.4 is 0 Å². The third-order valence-corrected chi connectivity index (χ3v) is 4.32. The van der Waals surface area contributed by atoms with Gasteiger partial charge in [0.15, 0.2) is 6.61 Å². The topological polar surface area (TPSA) is 89.8 Å². The molecule has 0 fully saturated rings. The number of non-ortho nitro benzene ring substituents is 1. The number of ether oxygens (including phenoxy) is 1. The highest BCUT2D eigenvalue weighted by molar-refractivity contribution is 8.00. The average molecular weight is 366 g/mol. The number of amides is 1. The number of hydrogen-bond acceptors (Lipinski definition) is 6. The van der Waals surface area contributed by atoms with Crippen molar-refractivity contribution in [3.05, 3.63) is 46.5 Å². The van der Waals surface area contributed by atoms with Crippen LogP contribution in [0.25, 0.3) is 0 Å². The maximum absolute atomic E-state index is 12.0. The van der Waals surface area contributed by atoms with Gasteiger partial charge >= 0.3 is 5.97 Å². The van der Waals surface area contributed by atoms with Crippen molar-refractivity contribution in [2.75, 3.05) is 19.7 Å². The number of benzene rings is 1. The fourth-order valence-corrected chi connectivity index (χ4v) is 2.81. The number of carbonyl (C=O) groups excluding carboxylic acids is 2. The van der Waals surface area contributed by atoms with Gasteiger partial charge in [-0.2, -0.15) is 0 Å². The van der Waals surface area contributed by atoms with Crippen molar-refractivity contribution in [2.45, 2.75) is 30.9 Å². The molecule has 0 N–H and O–H groups in total. The molecule has 0 aliphatic carbocycles. The Morgan fingerprint density at radius 1 is 1.36 bits per heavy atom. The Morgan fingerprint density at radius 2 is 1.96 bits per heavy atom. The number of nitrogens with zero attached hydrogens (tertiary/aromatic N) is 2. The Kier molecular flexibility index (Phi) is 8.13. The lowest BCUT2D eigenvalue weighted by molar-refractivity contribution is -0.384. The molecule has 0 heterocycles. The summed E-state index contributed by atoms with van der Waals surface area (Å²) in [6, 6.07) is 5.90. The average Bonchev–Trinajstić information content (AvgIpc) is 2.57. The lowest BCUT2D eigenvalue weighted by atomic mass is 10.3. The number of carbonyl (C=O) groups is 2. The molecule has 0 aliphatic heterocycles. The number of thioether (sulfide) groups is 1. The summed E-state index contributed by atoms with van der Waals surface area (Å²) in [6.45, 7) is 9.72. The predicted octanol–water partition coefficient (Wildman–Crippen LogP) is 3.04. The van der Waals surface area contributed by atoms with Gasteiger partial charge in [0.05, 0.1) is 4.92 Å². The first-order chi connectivity index (χ1) is 11.7. The van der Waals surface area contributed by atoms with Crippen LogP contribution in [0, 0.1) is 10.1 Å². The Bertz CT molecular complexity index is 645. The minimum absolute atomic E-state index is 0.0117. The summed E-state index contributed by atoms with van der Waals surface area (Å²) in [5, 5.41) is 10.1. The van der Waals surface area contributed by atoms with Crippen molar-refractivity contribution in [1.29, 1.82) is 0 Å². The zero-order valence-corrected chi connectivity index (χ0v) is 15.4. The fraction of sp³-hybridized carbons (Fsp3) is 0.412. The van der Waals surface area contributed by atoms with Gasteiger partial charge < -0.3 is 9.64 Å². The molecule has 136 valence electrons. The molecule has 0 radical (unpaired) electrons. The standard InChI is InChI=1S/C17H22N2O5S/c1-5-18(10-12(2)3)16(20)11-24-17(21)13(4)25-15-8-6-14(7-9-15)19(22)23/h6-9,13H,2,5,10-11H2,1,3-4H3. The van der Waals surface area contributed by atoms with E-state index >= 15 is 0 Å². The summed E-state index contributed by atoms with van der Waals surface area (Å²) in [5.41, 5.74) is 0.839.